The number of aliphatic carboxylic acids is 1. The molecule has 28 atom stereocenters. The van der Waals surface area contributed by atoms with Crippen LogP contribution in [-0.4, -0.2) is 326 Å². The predicted molar refractivity (Wildman–Crippen MR) is 339 cm³/mol. The fraction of sp³-hybridized carbons (Fsp3) is 0.857. The number of aromatic nitrogens is 1. The molecule has 5 aliphatic rings. The number of hydrogen-bond donors (Lipinski definition) is 20. The van der Waals surface area contributed by atoms with Gasteiger partial charge in [0.1, 0.15) is 116 Å². The SMILES string of the molecule is CCCCCCCCCCCCCCCCCC(=O)N[C@@H](CO[C@@H]1O[C@H](CO)[C@@H](O[C@@H]2O[C@H](CO)[C@H](O[C@@H]3O[C@H](CO)[C@H](O)[C@H](O[C@@H]4O[C@H](CO)[C@H](O)[C@H](O)[C@H]4O)[C@H]3NC(C)=O)[C@H](O[C@]3(C(=O)O)C[C@H](O)C(NC(C)=O)C([C@H](O)[C@H](O)CO)O3)[C@H]2O)[C@H](O)[C@H]1O)[C@H](O)/C=C/c1cscn1. The van der Waals surface area contributed by atoms with Crippen LogP contribution in [0.3, 0.4) is 0 Å². The molecule has 0 saturated carbocycles. The average Bonchev–Trinajstić information content (AvgIpc) is 1.09. The van der Waals surface area contributed by atoms with Crippen LogP contribution in [-0.2, 0) is 66.5 Å². The van der Waals surface area contributed by atoms with Crippen LogP contribution in [0.15, 0.2) is 17.0 Å². The number of unbranched alkanes of at least 4 members (excludes halogenated alkanes) is 14. The maximum absolute atomic E-state index is 13.8. The second-order valence-corrected chi connectivity index (χ2v) is 26.5. The maximum atomic E-state index is 13.8. The predicted octanol–water partition coefficient (Wildman–Crippen LogP) is -5.13. The number of thiazole rings is 1. The van der Waals surface area contributed by atoms with E-state index < -0.39 is 241 Å². The number of carbonyl (C=O) groups excluding carboxylic acids is 3. The zero-order valence-corrected chi connectivity index (χ0v) is 56.7. The Labute approximate surface area is 576 Å². The number of hydrogen-bond acceptors (Lipinski definition) is 32. The molecule has 0 radical (unpaired) electrons. The van der Waals surface area contributed by atoms with Gasteiger partial charge in [0, 0.05) is 32.1 Å². The summed E-state index contributed by atoms with van der Waals surface area (Å²) in [5.74, 6) is -7.78. The molecule has 35 nitrogen and oxygen atoms in total. The van der Waals surface area contributed by atoms with E-state index in [-0.39, 0.29) is 6.42 Å². The number of amides is 3. The Morgan fingerprint density at radius 1 is 0.606 bits per heavy atom. The highest BCUT2D eigenvalue weighted by Gasteiger charge is 2.62. The van der Waals surface area contributed by atoms with Crippen LogP contribution in [0.4, 0.5) is 0 Å². The zero-order chi connectivity index (χ0) is 72.7. The second kappa shape index (κ2) is 41.6. The van der Waals surface area contributed by atoms with Gasteiger partial charge in [-0.1, -0.05) is 103 Å². The van der Waals surface area contributed by atoms with Crippen molar-refractivity contribution in [1.82, 2.24) is 20.9 Å². The number of nitrogens with one attached hydrogen (secondary N) is 3. The summed E-state index contributed by atoms with van der Waals surface area (Å²) >= 11 is 1.30. The summed E-state index contributed by atoms with van der Waals surface area (Å²) in [6.07, 6.45) is -31.1. The molecule has 0 spiro atoms. The van der Waals surface area contributed by atoms with E-state index in [2.05, 4.69) is 27.9 Å². The number of ether oxygens (including phenoxy) is 10. The summed E-state index contributed by atoms with van der Waals surface area (Å²) in [4.78, 5) is 56.8. The molecule has 6 heterocycles. The van der Waals surface area contributed by atoms with Crippen molar-refractivity contribution < 1.29 is 153 Å². The first-order valence-corrected chi connectivity index (χ1v) is 34.9. The van der Waals surface area contributed by atoms with Gasteiger partial charge in [-0.15, -0.1) is 11.3 Å². The molecule has 5 saturated heterocycles. The summed E-state index contributed by atoms with van der Waals surface area (Å²) in [5.41, 5.74) is 2.07. The van der Waals surface area contributed by atoms with Crippen molar-refractivity contribution in [3.63, 3.8) is 0 Å². The lowest BCUT2D eigenvalue weighted by Crippen LogP contribution is -2.72. The van der Waals surface area contributed by atoms with Crippen molar-refractivity contribution in [3.05, 3.63) is 22.7 Å². The van der Waals surface area contributed by atoms with Crippen LogP contribution in [0.1, 0.15) is 136 Å². The van der Waals surface area contributed by atoms with Gasteiger partial charge >= 0.3 is 5.97 Å². The Bertz CT molecular complexity index is 2550. The van der Waals surface area contributed by atoms with E-state index in [1.165, 1.54) is 81.3 Å². The molecular formula is C63H106N4O31S. The largest absolute Gasteiger partial charge is 0.477 e. The Kier molecular flexibility index (Phi) is 35.4. The van der Waals surface area contributed by atoms with E-state index in [0.717, 1.165) is 46.0 Å². The third kappa shape index (κ3) is 23.4. The Hall–Kier alpha value is -3.79. The fourth-order valence-electron chi connectivity index (χ4n) is 12.7. The molecule has 20 N–H and O–H groups in total. The Morgan fingerprint density at radius 3 is 1.67 bits per heavy atom. The van der Waals surface area contributed by atoms with Gasteiger partial charge < -0.3 is 150 Å². The topological polar surface area (TPSA) is 553 Å². The Morgan fingerprint density at radius 2 is 1.11 bits per heavy atom. The molecule has 1 aromatic rings. The second-order valence-electron chi connectivity index (χ2n) is 25.8. The van der Waals surface area contributed by atoms with Crippen molar-refractivity contribution in [2.75, 3.05) is 39.6 Å². The summed E-state index contributed by atoms with van der Waals surface area (Å²) in [5, 5.41) is 197. The molecule has 0 bridgehead atoms. The lowest BCUT2D eigenvalue weighted by atomic mass is 9.88. The molecule has 3 amide bonds. The van der Waals surface area contributed by atoms with E-state index >= 15 is 0 Å². The number of aliphatic hydroxyl groups is 16. The molecule has 570 valence electrons. The molecule has 0 aromatic carbocycles. The van der Waals surface area contributed by atoms with E-state index in [9.17, 15) is 106 Å². The van der Waals surface area contributed by atoms with Gasteiger partial charge in [-0.3, -0.25) is 14.4 Å². The lowest BCUT2D eigenvalue weighted by Gasteiger charge is -2.52. The van der Waals surface area contributed by atoms with Gasteiger partial charge in [0.2, 0.25) is 17.7 Å². The van der Waals surface area contributed by atoms with Crippen molar-refractivity contribution in [2.24, 2.45) is 0 Å². The van der Waals surface area contributed by atoms with Crippen LogP contribution in [0.5, 0.6) is 0 Å². The minimum Gasteiger partial charge on any atom is -0.477 e. The monoisotopic (exact) mass is 1450 g/mol. The molecule has 0 aliphatic carbocycles. The van der Waals surface area contributed by atoms with Crippen molar-refractivity contribution in [2.45, 2.75) is 301 Å². The summed E-state index contributed by atoms with van der Waals surface area (Å²) in [6.45, 7) is -2.01. The minimum atomic E-state index is -3.39. The van der Waals surface area contributed by atoms with E-state index in [0.29, 0.717) is 12.1 Å². The highest BCUT2D eigenvalue weighted by molar-refractivity contribution is 7.07. The van der Waals surface area contributed by atoms with Gasteiger partial charge in [0.05, 0.1) is 75.1 Å². The lowest BCUT2D eigenvalue weighted by molar-refractivity contribution is -0.403. The first-order valence-electron chi connectivity index (χ1n) is 34.0. The fourth-order valence-corrected chi connectivity index (χ4v) is 13.2. The molecular weight excluding hydrogens is 1340 g/mol. The van der Waals surface area contributed by atoms with Crippen LogP contribution < -0.4 is 16.0 Å². The van der Waals surface area contributed by atoms with Gasteiger partial charge in [-0.25, -0.2) is 9.78 Å². The third-order valence-electron chi connectivity index (χ3n) is 18.2. The first kappa shape index (κ1) is 84.2. The van der Waals surface area contributed by atoms with E-state index in [4.69, 9.17) is 47.4 Å². The van der Waals surface area contributed by atoms with Gasteiger partial charge in [0.25, 0.3) is 5.79 Å². The first-order chi connectivity index (χ1) is 47.3. The summed E-state index contributed by atoms with van der Waals surface area (Å²) in [7, 11) is 0. The number of rotatable bonds is 41. The van der Waals surface area contributed by atoms with Gasteiger partial charge in [0.15, 0.2) is 25.2 Å². The molecule has 5 aliphatic heterocycles. The maximum Gasteiger partial charge on any atom is 0.364 e. The van der Waals surface area contributed by atoms with Crippen LogP contribution in [0.2, 0.25) is 0 Å². The highest BCUT2D eigenvalue weighted by Crippen LogP contribution is 2.41. The van der Waals surface area contributed by atoms with Gasteiger partial charge in [-0.05, 0) is 12.5 Å². The number of carboxylic acids is 1. The molecule has 99 heavy (non-hydrogen) atoms. The summed E-state index contributed by atoms with van der Waals surface area (Å²) in [6, 6.07) is -4.89. The molecule has 2 unspecified atom stereocenters. The van der Waals surface area contributed by atoms with Crippen LogP contribution in [0.25, 0.3) is 6.08 Å². The average molecular weight is 1450 g/mol. The van der Waals surface area contributed by atoms with Crippen molar-refractivity contribution in [3.8, 4) is 0 Å². The number of carbonyl (C=O) groups is 4. The normalized spacial score (nSPS) is 36.4. The number of nitrogens with zero attached hydrogens (tertiary/aromatic N) is 1. The molecule has 6 rings (SSSR count). The third-order valence-corrected chi connectivity index (χ3v) is 18.8. The standard InChI is InChI=1S/C63H106N4O31S/c1-4-5-6-7-8-9-10-11-12-13-14-15-16-17-18-19-42(78)67-34(35(75)21-20-33-29-99-30-64-33)28-89-59-51(85)49(83)53(40(26-71)92-59)94-61-52(86)57(98-63(62(87)88)22-36(76)43(65-31(2)73)56(97-63)45(79)37(77)23-68)54(41(27-72)93-61)95-58-44(66-32(3)74)55(47(81)39(25-70)90-58)96-60-50(84)48(82)46(80)38(24-69)91-60/h20-21,29-30,34-41,43-61,68-72,75-77,79-86H,4-19,22-28H2,1-3H3,(H,65,73)(H,66,74)(H,67,78)(H,87,88)/b21-20+/t34-,35+,36-,37+,38+,39+,40+,41+,43?,44+,45+,46-,47-,48-,49+,50+,51+,52+,53+,54-,55+,56?,57+,58-,59+,60-,61-,63-/m0/s1. The molecule has 5 fully saturated rings. The molecule has 1 aromatic heterocycles. The molecule has 36 heteroatoms. The minimum absolute atomic E-state index is 0.100. The van der Waals surface area contributed by atoms with Crippen LogP contribution >= 0.6 is 11.3 Å². The number of carboxylic acid groups (broad SMARTS) is 1. The van der Waals surface area contributed by atoms with Crippen molar-refractivity contribution in [1.29, 1.82) is 0 Å². The smallest absolute Gasteiger partial charge is 0.364 e. The zero-order valence-electron chi connectivity index (χ0n) is 55.8. The number of aliphatic hydroxyl groups excluding tert-OH is 16. The van der Waals surface area contributed by atoms with Crippen molar-refractivity contribution >= 4 is 41.1 Å². The van der Waals surface area contributed by atoms with E-state index in [1.54, 1.807) is 10.9 Å². The van der Waals surface area contributed by atoms with Crippen LogP contribution in [0, 0.1) is 0 Å². The van der Waals surface area contributed by atoms with E-state index in [1.807, 2.05) is 0 Å². The van der Waals surface area contributed by atoms with Gasteiger partial charge in [-0.2, -0.15) is 0 Å². The quantitative estimate of drug-likeness (QED) is 0.0273. The summed E-state index contributed by atoms with van der Waals surface area (Å²) < 4.78 is 59.7. The Balaban J connectivity index is 1.24. The highest BCUT2D eigenvalue weighted by atomic mass is 32.1.